The molecule has 0 radical (unpaired) electrons. The summed E-state index contributed by atoms with van der Waals surface area (Å²) in [7, 11) is 0. The molecule has 106 valence electrons. The number of rotatable bonds is 2. The van der Waals surface area contributed by atoms with Crippen LogP contribution in [0, 0.1) is 0 Å². The summed E-state index contributed by atoms with van der Waals surface area (Å²) < 4.78 is 8.23. The molecular weight excluding hydrogens is 260 g/mol. The number of hydrogen-bond donors (Lipinski definition) is 1. The van der Waals surface area contributed by atoms with Crippen LogP contribution in [-0.4, -0.2) is 32.4 Å². The molecule has 7 heteroatoms. The number of hydrogen-bond acceptors (Lipinski definition) is 4. The third kappa shape index (κ3) is 1.73. The van der Waals surface area contributed by atoms with Gasteiger partial charge >= 0.3 is 5.69 Å². The predicted molar refractivity (Wildman–Crippen MR) is 71.1 cm³/mol. The Morgan fingerprint density at radius 2 is 1.95 bits per heavy atom. The van der Waals surface area contributed by atoms with Gasteiger partial charge in [-0.25, -0.2) is 19.4 Å². The van der Waals surface area contributed by atoms with Crippen molar-refractivity contribution in [3.63, 3.8) is 0 Å². The Labute approximate surface area is 114 Å². The molecule has 2 fully saturated rings. The lowest BCUT2D eigenvalue weighted by Crippen LogP contribution is -2.37. The number of imidazole rings is 1. The van der Waals surface area contributed by atoms with Gasteiger partial charge in [-0.3, -0.25) is 9.36 Å². The van der Waals surface area contributed by atoms with E-state index in [1.54, 1.807) is 10.7 Å². The molecule has 1 saturated carbocycles. The lowest BCUT2D eigenvalue weighted by molar-refractivity contribution is 0.0832. The van der Waals surface area contributed by atoms with E-state index in [9.17, 15) is 9.59 Å². The molecule has 7 nitrogen and oxygen atoms in total. The Morgan fingerprint density at radius 3 is 2.65 bits per heavy atom. The van der Waals surface area contributed by atoms with Crippen LogP contribution in [0.2, 0.25) is 0 Å². The van der Waals surface area contributed by atoms with Gasteiger partial charge in [-0.05, 0) is 25.7 Å². The molecule has 0 unspecified atom stereocenters. The van der Waals surface area contributed by atoms with E-state index >= 15 is 0 Å². The zero-order chi connectivity index (χ0) is 13.7. The van der Waals surface area contributed by atoms with Crippen molar-refractivity contribution in [3.8, 4) is 0 Å². The molecule has 0 aromatic carbocycles. The molecule has 2 aliphatic rings. The van der Waals surface area contributed by atoms with Crippen molar-refractivity contribution in [1.29, 1.82) is 0 Å². The third-order valence-corrected chi connectivity index (χ3v) is 4.15. The quantitative estimate of drug-likeness (QED) is 0.861. The molecule has 0 atom stereocenters. The van der Waals surface area contributed by atoms with Crippen LogP contribution in [0.3, 0.4) is 0 Å². The highest BCUT2D eigenvalue weighted by atomic mass is 16.5. The lowest BCUT2D eigenvalue weighted by atomic mass is 10.00. The minimum absolute atomic E-state index is 0.0673. The van der Waals surface area contributed by atoms with Gasteiger partial charge in [0.2, 0.25) is 0 Å². The Balaban J connectivity index is 1.88. The predicted octanol–water partition coefficient (Wildman–Crippen LogP) is 0.413. The van der Waals surface area contributed by atoms with Gasteiger partial charge in [-0.15, -0.1) is 0 Å². The number of nitrogens with one attached hydrogen (secondary N) is 1. The van der Waals surface area contributed by atoms with Crippen LogP contribution in [0.5, 0.6) is 0 Å². The molecule has 1 aliphatic heterocycles. The first-order valence-corrected chi connectivity index (χ1v) is 7.05. The molecular formula is C13H16N4O3. The van der Waals surface area contributed by atoms with Crippen molar-refractivity contribution in [2.45, 2.75) is 37.6 Å². The number of ether oxygens (including phenoxy) is 1. The summed E-state index contributed by atoms with van der Waals surface area (Å²) >= 11 is 0. The average molecular weight is 276 g/mol. The maximum Gasteiger partial charge on any atom is 0.343 e. The molecule has 2 aromatic rings. The fourth-order valence-corrected chi connectivity index (χ4v) is 2.91. The molecule has 4 rings (SSSR count). The number of aromatic nitrogens is 4. The first-order valence-electron chi connectivity index (χ1n) is 7.05. The molecule has 20 heavy (non-hydrogen) atoms. The maximum absolute atomic E-state index is 12.4. The van der Waals surface area contributed by atoms with E-state index in [0.29, 0.717) is 18.7 Å². The van der Waals surface area contributed by atoms with Crippen LogP contribution in [0.4, 0.5) is 0 Å². The Morgan fingerprint density at radius 1 is 1.20 bits per heavy atom. The maximum atomic E-state index is 12.4. The lowest BCUT2D eigenvalue weighted by Gasteiger charge is -2.20. The number of nitrogens with zero attached hydrogens (tertiary/aromatic N) is 3. The molecule has 0 bridgehead atoms. The summed E-state index contributed by atoms with van der Waals surface area (Å²) in [5.74, 6) is 0.999. The van der Waals surface area contributed by atoms with Crippen LogP contribution in [0.1, 0.15) is 43.5 Å². The normalized spacial score (nSPS) is 20.6. The highest BCUT2D eigenvalue weighted by molar-refractivity contribution is 5.42. The largest absolute Gasteiger partial charge is 0.381 e. The average Bonchev–Trinajstić information content (AvgIpc) is 3.19. The van der Waals surface area contributed by atoms with Crippen LogP contribution in [-0.2, 0) is 4.74 Å². The summed E-state index contributed by atoms with van der Waals surface area (Å²) in [6.45, 7) is 1.39. The first kappa shape index (κ1) is 11.9. The van der Waals surface area contributed by atoms with Crippen LogP contribution in [0.25, 0.3) is 5.52 Å². The fourth-order valence-electron chi connectivity index (χ4n) is 2.91. The zero-order valence-corrected chi connectivity index (χ0v) is 11.0. The Hall–Kier alpha value is -1.89. The van der Waals surface area contributed by atoms with Gasteiger partial charge in [0.1, 0.15) is 11.3 Å². The first-order chi connectivity index (χ1) is 9.75. The minimum Gasteiger partial charge on any atom is -0.381 e. The fraction of sp³-hybridized carbons (Fsp3) is 0.615. The summed E-state index contributed by atoms with van der Waals surface area (Å²) in [6, 6.07) is 0.0673. The molecule has 1 N–H and O–H groups in total. The third-order valence-electron chi connectivity index (χ3n) is 4.15. The van der Waals surface area contributed by atoms with Gasteiger partial charge in [-0.1, -0.05) is 0 Å². The van der Waals surface area contributed by atoms with Crippen molar-refractivity contribution in [1.82, 2.24) is 19.2 Å². The summed E-state index contributed by atoms with van der Waals surface area (Å²) in [6.07, 6.45) is 5.11. The molecule has 0 amide bonds. The second kappa shape index (κ2) is 4.31. The van der Waals surface area contributed by atoms with Crippen molar-refractivity contribution in [2.24, 2.45) is 0 Å². The van der Waals surface area contributed by atoms with E-state index in [-0.39, 0.29) is 23.2 Å². The van der Waals surface area contributed by atoms with Crippen molar-refractivity contribution < 1.29 is 4.74 Å². The van der Waals surface area contributed by atoms with E-state index in [1.807, 2.05) is 0 Å². The van der Waals surface area contributed by atoms with Crippen LogP contribution >= 0.6 is 0 Å². The topological polar surface area (TPSA) is 81.4 Å². The van der Waals surface area contributed by atoms with Crippen molar-refractivity contribution in [3.05, 3.63) is 32.9 Å². The van der Waals surface area contributed by atoms with Gasteiger partial charge in [-0.2, -0.15) is 0 Å². The minimum atomic E-state index is -0.337. The smallest absolute Gasteiger partial charge is 0.343 e. The van der Waals surface area contributed by atoms with Crippen LogP contribution in [0.15, 0.2) is 15.8 Å². The standard InChI is InChI=1S/C13H16N4O3/c18-12-10-7-14-11(8-3-5-20-6-4-8)17(10)15-13(19)16(12)9-1-2-9/h7-9H,1-6H2,(H,15,19). The number of fused-ring (bicyclic) bond motifs is 1. The van der Waals surface area contributed by atoms with E-state index in [0.717, 1.165) is 31.5 Å². The monoisotopic (exact) mass is 276 g/mol. The van der Waals surface area contributed by atoms with E-state index in [2.05, 4.69) is 10.1 Å². The van der Waals surface area contributed by atoms with Gasteiger partial charge in [0.15, 0.2) is 0 Å². The highest BCUT2D eigenvalue weighted by Gasteiger charge is 2.29. The van der Waals surface area contributed by atoms with Gasteiger partial charge in [0, 0.05) is 25.2 Å². The second-order valence-corrected chi connectivity index (χ2v) is 5.55. The van der Waals surface area contributed by atoms with E-state index in [4.69, 9.17) is 4.74 Å². The molecule has 2 aromatic heterocycles. The zero-order valence-electron chi connectivity index (χ0n) is 11.0. The number of aromatic amines is 1. The summed E-state index contributed by atoms with van der Waals surface area (Å²) in [4.78, 5) is 28.9. The van der Waals surface area contributed by atoms with Crippen molar-refractivity contribution in [2.75, 3.05) is 13.2 Å². The summed E-state index contributed by atoms with van der Waals surface area (Å²) in [5.41, 5.74) is -0.114. The molecule has 1 aliphatic carbocycles. The van der Waals surface area contributed by atoms with Gasteiger partial charge in [0.05, 0.1) is 6.20 Å². The second-order valence-electron chi connectivity index (χ2n) is 5.55. The highest BCUT2D eigenvalue weighted by Crippen LogP contribution is 2.32. The van der Waals surface area contributed by atoms with Gasteiger partial charge < -0.3 is 4.74 Å². The van der Waals surface area contributed by atoms with Crippen molar-refractivity contribution >= 4 is 5.52 Å². The summed E-state index contributed by atoms with van der Waals surface area (Å²) in [5, 5.41) is 2.79. The van der Waals surface area contributed by atoms with E-state index in [1.165, 1.54) is 4.57 Å². The molecule has 0 spiro atoms. The van der Waals surface area contributed by atoms with Gasteiger partial charge in [0.25, 0.3) is 5.56 Å². The number of H-pyrrole nitrogens is 1. The molecule has 3 heterocycles. The molecule has 1 saturated heterocycles. The van der Waals surface area contributed by atoms with E-state index < -0.39 is 0 Å². The Bertz CT molecular complexity index is 762. The Kier molecular flexibility index (Phi) is 2.56. The van der Waals surface area contributed by atoms with Crippen LogP contribution < -0.4 is 11.2 Å². The SMILES string of the molecule is O=c1[nH]n2c(C3CCOCC3)ncc2c(=O)n1C1CC1.